The molecule has 0 saturated heterocycles. The third-order valence-corrected chi connectivity index (χ3v) is 3.67. The number of aromatic amines is 1. The summed E-state index contributed by atoms with van der Waals surface area (Å²) in [5.74, 6) is 0.772. The number of hydrogen-bond acceptors (Lipinski definition) is 5. The maximum atomic E-state index is 12.3. The van der Waals surface area contributed by atoms with E-state index in [4.69, 9.17) is 4.74 Å². The number of carbonyl (C=O) groups is 1. The number of methoxy groups -OCH3 is 1. The number of imidazole rings is 1. The number of nitrogens with one attached hydrogen (secondary N) is 2. The van der Waals surface area contributed by atoms with Crippen molar-refractivity contribution < 1.29 is 9.53 Å². The molecule has 3 rings (SSSR count). The van der Waals surface area contributed by atoms with E-state index in [1.54, 1.807) is 37.8 Å². The summed E-state index contributed by atoms with van der Waals surface area (Å²) in [6.07, 6.45) is 9.64. The molecule has 25 heavy (non-hydrogen) atoms. The Morgan fingerprint density at radius 3 is 3.08 bits per heavy atom. The van der Waals surface area contributed by atoms with Gasteiger partial charge >= 0.3 is 0 Å². The predicted octanol–water partition coefficient (Wildman–Crippen LogP) is 2.58. The fourth-order valence-corrected chi connectivity index (χ4v) is 2.41. The number of H-pyrrole nitrogens is 1. The van der Waals surface area contributed by atoms with Crippen molar-refractivity contribution in [3.8, 4) is 5.75 Å². The summed E-state index contributed by atoms with van der Waals surface area (Å²) in [4.78, 5) is 27.6. The molecule has 2 N–H and O–H groups in total. The van der Waals surface area contributed by atoms with Crippen LogP contribution in [0, 0.1) is 0 Å². The second-order valence-corrected chi connectivity index (χ2v) is 5.59. The molecular formula is C18H19N5O2. The highest BCUT2D eigenvalue weighted by Crippen LogP contribution is 2.17. The van der Waals surface area contributed by atoms with Crippen molar-refractivity contribution in [2.45, 2.75) is 19.4 Å². The van der Waals surface area contributed by atoms with Crippen LogP contribution in [0.4, 0.5) is 0 Å². The van der Waals surface area contributed by atoms with Gasteiger partial charge in [0.1, 0.15) is 5.75 Å². The van der Waals surface area contributed by atoms with Crippen LogP contribution < -0.4 is 10.1 Å². The first-order valence-corrected chi connectivity index (χ1v) is 7.93. The van der Waals surface area contributed by atoms with Gasteiger partial charge in [-0.2, -0.15) is 0 Å². The molecule has 0 aliphatic carbocycles. The largest absolute Gasteiger partial charge is 0.496 e. The average molecular weight is 337 g/mol. The van der Waals surface area contributed by atoms with Crippen LogP contribution >= 0.6 is 0 Å². The summed E-state index contributed by atoms with van der Waals surface area (Å²) in [7, 11) is 1.62. The highest BCUT2D eigenvalue weighted by Gasteiger charge is 2.13. The van der Waals surface area contributed by atoms with Gasteiger partial charge in [-0.05, 0) is 31.5 Å². The number of fused-ring (bicyclic) bond motifs is 1. The summed E-state index contributed by atoms with van der Waals surface area (Å²) in [5, 5.41) is 2.91. The lowest BCUT2D eigenvalue weighted by Crippen LogP contribution is -2.32. The molecule has 0 saturated carbocycles. The zero-order chi connectivity index (χ0) is 17.6. The number of carbonyl (C=O) groups excluding carboxylic acids is 1. The van der Waals surface area contributed by atoms with Crippen LogP contribution in [-0.2, 0) is 0 Å². The van der Waals surface area contributed by atoms with Crippen molar-refractivity contribution in [1.29, 1.82) is 0 Å². The minimum atomic E-state index is -0.252. The van der Waals surface area contributed by atoms with Gasteiger partial charge in [-0.15, -0.1) is 0 Å². The van der Waals surface area contributed by atoms with Crippen LogP contribution in [0.2, 0.25) is 0 Å². The highest BCUT2D eigenvalue weighted by molar-refractivity contribution is 5.93. The van der Waals surface area contributed by atoms with Gasteiger partial charge in [0.05, 0.1) is 12.6 Å². The molecule has 7 nitrogen and oxygen atoms in total. The van der Waals surface area contributed by atoms with Crippen LogP contribution in [-0.4, -0.2) is 39.0 Å². The number of nitrogens with zero attached hydrogens (tertiary/aromatic N) is 3. The molecule has 3 aromatic heterocycles. The van der Waals surface area contributed by atoms with Crippen molar-refractivity contribution >= 4 is 23.1 Å². The normalized spacial score (nSPS) is 12.4. The van der Waals surface area contributed by atoms with E-state index in [2.05, 4.69) is 25.3 Å². The van der Waals surface area contributed by atoms with E-state index in [0.717, 1.165) is 16.8 Å². The minimum Gasteiger partial charge on any atom is -0.496 e. The van der Waals surface area contributed by atoms with E-state index in [0.29, 0.717) is 12.1 Å². The van der Waals surface area contributed by atoms with E-state index in [9.17, 15) is 4.79 Å². The molecule has 3 heterocycles. The Labute approximate surface area is 145 Å². The predicted molar refractivity (Wildman–Crippen MR) is 95.3 cm³/mol. The van der Waals surface area contributed by atoms with Crippen molar-refractivity contribution in [1.82, 2.24) is 25.3 Å². The number of rotatable bonds is 6. The second-order valence-electron chi connectivity index (χ2n) is 5.59. The Bertz CT molecular complexity index is 870. The lowest BCUT2D eigenvalue weighted by atomic mass is 10.1. The summed E-state index contributed by atoms with van der Waals surface area (Å²) in [6.45, 7) is 1.93. The molecular weight excluding hydrogens is 318 g/mol. The molecule has 0 unspecified atom stereocenters. The molecule has 0 bridgehead atoms. The molecule has 1 amide bonds. The first-order chi connectivity index (χ1) is 12.2. The van der Waals surface area contributed by atoms with Crippen molar-refractivity contribution in [2.75, 3.05) is 7.11 Å². The molecule has 7 heteroatoms. The van der Waals surface area contributed by atoms with E-state index in [1.807, 2.05) is 25.1 Å². The molecule has 0 aliphatic rings. The Balaban J connectivity index is 1.59. The number of pyridine rings is 2. The van der Waals surface area contributed by atoms with Gasteiger partial charge in [0.25, 0.3) is 5.91 Å². The average Bonchev–Trinajstić information content (AvgIpc) is 3.06. The molecule has 128 valence electrons. The van der Waals surface area contributed by atoms with E-state index >= 15 is 0 Å². The van der Waals surface area contributed by atoms with Crippen LogP contribution in [0.15, 0.2) is 42.9 Å². The van der Waals surface area contributed by atoms with Crippen molar-refractivity contribution in [3.63, 3.8) is 0 Å². The van der Waals surface area contributed by atoms with Crippen LogP contribution in [0.25, 0.3) is 17.2 Å². The van der Waals surface area contributed by atoms with Gasteiger partial charge in [-0.25, -0.2) is 9.97 Å². The maximum absolute atomic E-state index is 12.3. The second kappa shape index (κ2) is 7.57. The summed E-state index contributed by atoms with van der Waals surface area (Å²) in [5.41, 5.74) is 2.17. The van der Waals surface area contributed by atoms with Crippen LogP contribution in [0.1, 0.15) is 29.5 Å². The number of aromatic nitrogens is 4. The van der Waals surface area contributed by atoms with E-state index in [1.165, 1.54) is 0 Å². The Hall–Kier alpha value is -3.22. The van der Waals surface area contributed by atoms with E-state index in [-0.39, 0.29) is 17.8 Å². The van der Waals surface area contributed by atoms with Crippen LogP contribution in [0.3, 0.4) is 0 Å². The Morgan fingerprint density at radius 1 is 1.40 bits per heavy atom. The maximum Gasteiger partial charge on any atom is 0.287 e. The van der Waals surface area contributed by atoms with Gasteiger partial charge in [0.15, 0.2) is 11.5 Å². The zero-order valence-electron chi connectivity index (χ0n) is 14.1. The quantitative estimate of drug-likeness (QED) is 0.721. The first kappa shape index (κ1) is 16.6. The van der Waals surface area contributed by atoms with Crippen LogP contribution in [0.5, 0.6) is 5.75 Å². The van der Waals surface area contributed by atoms with E-state index < -0.39 is 0 Å². The highest BCUT2D eigenvalue weighted by atomic mass is 16.5. The molecule has 0 radical (unpaired) electrons. The molecule has 0 spiro atoms. The third-order valence-electron chi connectivity index (χ3n) is 3.67. The van der Waals surface area contributed by atoms with Crippen molar-refractivity contribution in [2.24, 2.45) is 0 Å². The van der Waals surface area contributed by atoms with Gasteiger partial charge in [0.2, 0.25) is 0 Å². The lowest BCUT2D eigenvalue weighted by Gasteiger charge is -2.10. The van der Waals surface area contributed by atoms with Gasteiger partial charge < -0.3 is 15.0 Å². The van der Waals surface area contributed by atoms with Gasteiger partial charge in [-0.3, -0.25) is 9.78 Å². The monoisotopic (exact) mass is 337 g/mol. The third kappa shape index (κ3) is 4.00. The number of amides is 1. The summed E-state index contributed by atoms with van der Waals surface area (Å²) >= 11 is 0. The number of ether oxygens (including phenoxy) is 1. The Kier molecular flexibility index (Phi) is 5.03. The first-order valence-electron chi connectivity index (χ1n) is 7.93. The topological polar surface area (TPSA) is 92.8 Å². The zero-order valence-corrected chi connectivity index (χ0v) is 14.1. The van der Waals surface area contributed by atoms with Crippen molar-refractivity contribution in [3.05, 3.63) is 54.3 Å². The summed E-state index contributed by atoms with van der Waals surface area (Å²) < 4.78 is 5.27. The fraction of sp³-hybridized carbons (Fsp3) is 0.222. The molecule has 0 fully saturated rings. The Morgan fingerprint density at radius 2 is 2.28 bits per heavy atom. The molecule has 1 atom stereocenters. The van der Waals surface area contributed by atoms with Gasteiger partial charge in [-0.1, -0.05) is 12.2 Å². The fourth-order valence-electron chi connectivity index (χ4n) is 2.41. The number of hydrogen-bond donors (Lipinski definition) is 2. The lowest BCUT2D eigenvalue weighted by molar-refractivity contribution is 0.0931. The molecule has 0 aliphatic heterocycles. The SMILES string of the molecule is COc1ccncc1/C=C/C[C@H](C)NC(=O)c1nc2ncccc2[nH]1. The molecule has 3 aromatic rings. The smallest absolute Gasteiger partial charge is 0.287 e. The van der Waals surface area contributed by atoms with Gasteiger partial charge in [0, 0.05) is 30.2 Å². The summed E-state index contributed by atoms with van der Waals surface area (Å²) in [6, 6.07) is 5.38. The molecule has 0 aromatic carbocycles. The standard InChI is InChI=1S/C18H19N5O2/c1-12(5-3-6-13-11-19-10-8-15(13)25-2)21-18(24)17-22-14-7-4-9-20-16(14)23-17/h3-4,6-12H,5H2,1-2H3,(H,21,24)(H,20,22,23)/b6-3+/t12-/m0/s1. The minimum absolute atomic E-state index is 0.0485.